The van der Waals surface area contributed by atoms with Gasteiger partial charge in [0.25, 0.3) is 11.7 Å². The highest BCUT2D eigenvalue weighted by Gasteiger charge is 2.46. The monoisotopic (exact) mass is 453 g/mol. The number of ketones is 1. The molecule has 33 heavy (non-hydrogen) atoms. The lowest BCUT2D eigenvalue weighted by atomic mass is 9.95. The van der Waals surface area contributed by atoms with E-state index in [-0.39, 0.29) is 22.8 Å². The van der Waals surface area contributed by atoms with Gasteiger partial charge in [0.05, 0.1) is 24.8 Å². The lowest BCUT2D eigenvalue weighted by Crippen LogP contribution is -2.30. The van der Waals surface area contributed by atoms with Crippen LogP contribution in [0.2, 0.25) is 0 Å². The lowest BCUT2D eigenvalue weighted by Gasteiger charge is -2.25. The molecule has 0 spiro atoms. The first-order chi connectivity index (χ1) is 15.9. The number of rotatable bonds is 10. The molecule has 0 radical (unpaired) electrons. The number of unbranched alkanes of at least 4 members (excludes halogenated alkanes) is 1. The number of hydrogen-bond acceptors (Lipinski definition) is 6. The first kappa shape index (κ1) is 24.2. The Hall–Kier alpha value is -3.48. The number of Topliss-reactive ketones (excluding diaryl/α,β-unsaturated/α-hetero) is 1. The molecule has 1 heterocycles. The second kappa shape index (κ2) is 10.9. The average molecular weight is 454 g/mol. The quantitative estimate of drug-likeness (QED) is 0.305. The molecule has 3 rings (SSSR count). The number of aliphatic hydroxyl groups excluding tert-OH is 1. The summed E-state index contributed by atoms with van der Waals surface area (Å²) >= 11 is 0. The van der Waals surface area contributed by atoms with Crippen LogP contribution in [0.4, 0.5) is 0 Å². The van der Waals surface area contributed by atoms with Gasteiger partial charge in [-0.15, -0.1) is 0 Å². The molecule has 1 atom stereocenters. The molecule has 0 bridgehead atoms. The maximum Gasteiger partial charge on any atom is 0.295 e. The molecular weight excluding hydrogens is 422 g/mol. The molecule has 0 aliphatic carbocycles. The number of aromatic hydroxyl groups is 1. The van der Waals surface area contributed by atoms with Gasteiger partial charge in [-0.3, -0.25) is 9.59 Å². The van der Waals surface area contributed by atoms with Crippen LogP contribution >= 0.6 is 0 Å². The SMILES string of the molecule is CCCCN1C(=O)C(=O)/C(=C(\O)c2ccc(OCCC)cc2)C1c1ccc(O)c(OCC)c1. The summed E-state index contributed by atoms with van der Waals surface area (Å²) in [5.41, 5.74) is 1.02. The molecular formula is C26H31NO6. The Morgan fingerprint density at radius 2 is 1.73 bits per heavy atom. The molecule has 1 amide bonds. The Morgan fingerprint density at radius 3 is 2.36 bits per heavy atom. The average Bonchev–Trinajstić information content (AvgIpc) is 3.07. The number of phenols is 1. The van der Waals surface area contributed by atoms with Gasteiger partial charge in [0.15, 0.2) is 11.5 Å². The fraction of sp³-hybridized carbons (Fsp3) is 0.385. The van der Waals surface area contributed by atoms with Crippen LogP contribution in [0.15, 0.2) is 48.0 Å². The highest BCUT2D eigenvalue weighted by atomic mass is 16.5. The van der Waals surface area contributed by atoms with Crippen molar-refractivity contribution in [3.8, 4) is 17.2 Å². The number of phenolic OH excluding ortho intramolecular Hbond substituents is 1. The zero-order valence-corrected chi connectivity index (χ0v) is 19.3. The smallest absolute Gasteiger partial charge is 0.295 e. The van der Waals surface area contributed by atoms with E-state index in [4.69, 9.17) is 9.47 Å². The minimum atomic E-state index is -0.785. The molecule has 176 valence electrons. The van der Waals surface area contributed by atoms with E-state index in [1.165, 1.54) is 11.0 Å². The molecule has 1 fully saturated rings. The fourth-order valence-corrected chi connectivity index (χ4v) is 3.84. The number of nitrogens with zero attached hydrogens (tertiary/aromatic N) is 1. The third kappa shape index (κ3) is 5.13. The Kier molecular flexibility index (Phi) is 7.98. The van der Waals surface area contributed by atoms with Gasteiger partial charge in [-0.25, -0.2) is 0 Å². The van der Waals surface area contributed by atoms with Crippen molar-refractivity contribution in [3.05, 3.63) is 59.2 Å². The largest absolute Gasteiger partial charge is 0.507 e. The lowest BCUT2D eigenvalue weighted by molar-refractivity contribution is -0.139. The minimum Gasteiger partial charge on any atom is -0.507 e. The standard InChI is InChI=1S/C26H31NO6/c1-4-7-14-27-23(18-10-13-20(28)21(16-18)32-6-3)22(25(30)26(27)31)24(29)17-8-11-19(12-9-17)33-15-5-2/h8-13,16,23,28-29H,4-7,14-15H2,1-3H3/b24-22-. The topological polar surface area (TPSA) is 96.3 Å². The number of amides is 1. The van der Waals surface area contributed by atoms with Crippen molar-refractivity contribution >= 4 is 17.4 Å². The predicted molar refractivity (Wildman–Crippen MR) is 125 cm³/mol. The van der Waals surface area contributed by atoms with Gasteiger partial charge in [0.1, 0.15) is 11.5 Å². The van der Waals surface area contributed by atoms with E-state index in [2.05, 4.69) is 0 Å². The Balaban J connectivity index is 2.09. The molecule has 1 saturated heterocycles. The summed E-state index contributed by atoms with van der Waals surface area (Å²) in [5, 5.41) is 21.3. The molecule has 1 aliphatic rings. The third-order valence-corrected chi connectivity index (χ3v) is 5.49. The molecule has 0 saturated carbocycles. The Morgan fingerprint density at radius 1 is 1.00 bits per heavy atom. The number of carbonyl (C=O) groups excluding carboxylic acids is 2. The summed E-state index contributed by atoms with van der Waals surface area (Å²) in [5.74, 6) is -0.740. The molecule has 2 aromatic rings. The van der Waals surface area contributed by atoms with Crippen molar-refractivity contribution in [2.45, 2.75) is 46.1 Å². The van der Waals surface area contributed by atoms with Crippen LogP contribution in [0.25, 0.3) is 5.76 Å². The maximum absolute atomic E-state index is 13.0. The van der Waals surface area contributed by atoms with E-state index in [0.717, 1.165) is 12.8 Å². The highest BCUT2D eigenvalue weighted by Crippen LogP contribution is 2.42. The van der Waals surface area contributed by atoms with Crippen LogP contribution in [0.1, 0.15) is 57.2 Å². The summed E-state index contributed by atoms with van der Waals surface area (Å²) in [7, 11) is 0. The first-order valence-electron chi connectivity index (χ1n) is 11.4. The minimum absolute atomic E-state index is 0.0199. The molecule has 1 aliphatic heterocycles. The van der Waals surface area contributed by atoms with Crippen LogP contribution in [-0.2, 0) is 9.59 Å². The predicted octanol–water partition coefficient (Wildman–Crippen LogP) is 4.80. The van der Waals surface area contributed by atoms with Gasteiger partial charge in [-0.2, -0.15) is 0 Å². The van der Waals surface area contributed by atoms with Crippen molar-refractivity contribution < 1.29 is 29.3 Å². The molecule has 2 N–H and O–H groups in total. The highest BCUT2D eigenvalue weighted by molar-refractivity contribution is 6.46. The summed E-state index contributed by atoms with van der Waals surface area (Å²) in [4.78, 5) is 27.5. The van der Waals surface area contributed by atoms with Gasteiger partial charge in [-0.05, 0) is 61.7 Å². The first-order valence-corrected chi connectivity index (χ1v) is 11.4. The van der Waals surface area contributed by atoms with Crippen molar-refractivity contribution in [1.82, 2.24) is 4.90 Å². The number of hydrogen-bond donors (Lipinski definition) is 2. The molecule has 1 unspecified atom stereocenters. The maximum atomic E-state index is 13.0. The Labute approximate surface area is 194 Å². The van der Waals surface area contributed by atoms with E-state index in [9.17, 15) is 19.8 Å². The summed E-state index contributed by atoms with van der Waals surface area (Å²) in [6.45, 7) is 7.11. The summed E-state index contributed by atoms with van der Waals surface area (Å²) < 4.78 is 11.1. The number of ether oxygens (including phenoxy) is 2. The number of aliphatic hydroxyl groups is 1. The number of likely N-dealkylation sites (tertiary alicyclic amines) is 1. The second-order valence-corrected chi connectivity index (χ2v) is 7.88. The van der Waals surface area contributed by atoms with Crippen molar-refractivity contribution in [2.75, 3.05) is 19.8 Å². The van der Waals surface area contributed by atoms with Crippen molar-refractivity contribution in [1.29, 1.82) is 0 Å². The van der Waals surface area contributed by atoms with Gasteiger partial charge in [0, 0.05) is 12.1 Å². The third-order valence-electron chi connectivity index (χ3n) is 5.49. The van der Waals surface area contributed by atoms with E-state index in [0.29, 0.717) is 43.1 Å². The Bertz CT molecular complexity index is 1030. The van der Waals surface area contributed by atoms with Crippen LogP contribution in [0, 0.1) is 0 Å². The molecule has 7 heteroatoms. The van der Waals surface area contributed by atoms with Gasteiger partial charge in [-0.1, -0.05) is 26.3 Å². The zero-order chi connectivity index (χ0) is 24.0. The number of benzene rings is 2. The van der Waals surface area contributed by atoms with Gasteiger partial charge < -0.3 is 24.6 Å². The summed E-state index contributed by atoms with van der Waals surface area (Å²) in [6.07, 6.45) is 2.43. The van der Waals surface area contributed by atoms with Crippen LogP contribution in [0.3, 0.4) is 0 Å². The van der Waals surface area contributed by atoms with E-state index in [1.54, 1.807) is 43.3 Å². The number of carbonyl (C=O) groups is 2. The van der Waals surface area contributed by atoms with E-state index < -0.39 is 17.7 Å². The second-order valence-electron chi connectivity index (χ2n) is 7.88. The van der Waals surface area contributed by atoms with Crippen LogP contribution in [0.5, 0.6) is 17.2 Å². The summed E-state index contributed by atoms with van der Waals surface area (Å²) in [6, 6.07) is 10.7. The molecule has 7 nitrogen and oxygen atoms in total. The van der Waals surface area contributed by atoms with Crippen LogP contribution in [-0.4, -0.2) is 46.6 Å². The van der Waals surface area contributed by atoms with E-state index >= 15 is 0 Å². The zero-order valence-electron chi connectivity index (χ0n) is 19.3. The normalized spacial score (nSPS) is 17.4. The van der Waals surface area contributed by atoms with Crippen molar-refractivity contribution in [2.24, 2.45) is 0 Å². The van der Waals surface area contributed by atoms with Crippen LogP contribution < -0.4 is 9.47 Å². The fourth-order valence-electron chi connectivity index (χ4n) is 3.84. The van der Waals surface area contributed by atoms with Gasteiger partial charge in [0.2, 0.25) is 0 Å². The van der Waals surface area contributed by atoms with E-state index in [1.807, 2.05) is 13.8 Å². The van der Waals surface area contributed by atoms with Gasteiger partial charge >= 0.3 is 0 Å². The molecule has 0 aromatic heterocycles. The molecule has 2 aromatic carbocycles. The van der Waals surface area contributed by atoms with Crippen molar-refractivity contribution in [3.63, 3.8) is 0 Å².